The van der Waals surface area contributed by atoms with E-state index in [1.165, 1.54) is 6.07 Å². The Bertz CT molecular complexity index is 500. The number of aromatic nitrogens is 1. The summed E-state index contributed by atoms with van der Waals surface area (Å²) in [7, 11) is 0. The van der Waals surface area contributed by atoms with E-state index < -0.39 is 17.8 Å². The lowest BCUT2D eigenvalue weighted by Crippen LogP contribution is -2.49. The number of pyridine rings is 1. The highest BCUT2D eigenvalue weighted by Gasteiger charge is 2.31. The number of alkyl halides is 3. The van der Waals surface area contributed by atoms with E-state index in [1.807, 2.05) is 18.7 Å². The Hall–Kier alpha value is -1.38. The molecule has 1 fully saturated rings. The lowest BCUT2D eigenvalue weighted by molar-refractivity contribution is -0.137. The zero-order chi connectivity index (χ0) is 17.7. The highest BCUT2D eigenvalue weighted by molar-refractivity contribution is 5.40. The summed E-state index contributed by atoms with van der Waals surface area (Å²) in [5, 5.41) is 9.94. The van der Waals surface area contributed by atoms with E-state index in [9.17, 15) is 18.3 Å². The number of rotatable bonds is 6. The number of β-amino-alcohol motifs (C(OH)–C–C–N with tert-alkyl or cyclic N) is 1. The van der Waals surface area contributed by atoms with Crippen molar-refractivity contribution in [3.05, 3.63) is 23.9 Å². The SMILES string of the molecule is CC(C)OC[C@H](O)CN1CCN(c2ccc(C(F)(F)F)cn2)CC1. The molecular formula is C16H24F3N3O2. The van der Waals surface area contributed by atoms with Gasteiger partial charge >= 0.3 is 6.18 Å². The third-order valence-electron chi connectivity index (χ3n) is 3.86. The van der Waals surface area contributed by atoms with Crippen molar-refractivity contribution in [3.8, 4) is 0 Å². The van der Waals surface area contributed by atoms with Crippen LogP contribution < -0.4 is 4.90 Å². The summed E-state index contributed by atoms with van der Waals surface area (Å²) in [4.78, 5) is 7.99. The van der Waals surface area contributed by atoms with Gasteiger partial charge in [-0.25, -0.2) is 4.98 Å². The van der Waals surface area contributed by atoms with Gasteiger partial charge in [0.05, 0.1) is 24.4 Å². The van der Waals surface area contributed by atoms with E-state index in [0.717, 1.165) is 25.4 Å². The first-order chi connectivity index (χ1) is 11.3. The fraction of sp³-hybridized carbons (Fsp3) is 0.688. The fourth-order valence-electron chi connectivity index (χ4n) is 2.55. The van der Waals surface area contributed by atoms with Gasteiger partial charge in [0.25, 0.3) is 0 Å². The number of aliphatic hydroxyl groups is 1. The van der Waals surface area contributed by atoms with Crippen LogP contribution >= 0.6 is 0 Å². The molecule has 1 saturated heterocycles. The summed E-state index contributed by atoms with van der Waals surface area (Å²) in [5.41, 5.74) is -0.738. The summed E-state index contributed by atoms with van der Waals surface area (Å²) in [6.45, 7) is 7.44. The van der Waals surface area contributed by atoms with Gasteiger partial charge in [-0.1, -0.05) is 0 Å². The standard InChI is InChI=1S/C16H24F3N3O2/c1-12(2)24-11-14(23)10-21-5-7-22(8-6-21)15-4-3-13(9-20-15)16(17,18)19/h3-4,9,12,14,23H,5-8,10-11H2,1-2H3/t14-/m1/s1. The number of ether oxygens (including phenoxy) is 1. The maximum Gasteiger partial charge on any atom is 0.417 e. The van der Waals surface area contributed by atoms with Gasteiger partial charge in [-0.15, -0.1) is 0 Å². The molecule has 0 aromatic carbocycles. The molecule has 1 aromatic heterocycles. The minimum atomic E-state index is -4.36. The van der Waals surface area contributed by atoms with Gasteiger partial charge in [-0.3, -0.25) is 4.90 Å². The van der Waals surface area contributed by atoms with Gasteiger partial charge in [-0.2, -0.15) is 13.2 Å². The molecule has 5 nitrogen and oxygen atoms in total. The first-order valence-corrected chi connectivity index (χ1v) is 8.06. The molecular weight excluding hydrogens is 323 g/mol. The highest BCUT2D eigenvalue weighted by Crippen LogP contribution is 2.29. The minimum Gasteiger partial charge on any atom is -0.389 e. The second-order valence-corrected chi connectivity index (χ2v) is 6.23. The molecule has 0 saturated carbocycles. The van der Waals surface area contributed by atoms with Crippen LogP contribution in [0.5, 0.6) is 0 Å². The summed E-state index contributed by atoms with van der Waals surface area (Å²) in [6, 6.07) is 2.46. The molecule has 1 N–H and O–H groups in total. The first-order valence-electron chi connectivity index (χ1n) is 8.06. The second-order valence-electron chi connectivity index (χ2n) is 6.23. The molecule has 0 spiro atoms. The molecule has 1 aliphatic rings. The van der Waals surface area contributed by atoms with Crippen molar-refractivity contribution < 1.29 is 23.0 Å². The van der Waals surface area contributed by atoms with Gasteiger partial charge < -0.3 is 14.7 Å². The summed E-state index contributed by atoms with van der Waals surface area (Å²) in [6.07, 6.45) is -3.95. The molecule has 8 heteroatoms. The van der Waals surface area contributed by atoms with Gasteiger partial charge in [0.1, 0.15) is 5.82 Å². The predicted molar refractivity (Wildman–Crippen MR) is 85.0 cm³/mol. The van der Waals surface area contributed by atoms with Gasteiger partial charge in [-0.05, 0) is 26.0 Å². The lowest BCUT2D eigenvalue weighted by Gasteiger charge is -2.36. The van der Waals surface area contributed by atoms with Crippen LogP contribution in [-0.4, -0.2) is 66.5 Å². The van der Waals surface area contributed by atoms with E-state index in [2.05, 4.69) is 9.88 Å². The normalized spacial score (nSPS) is 18.2. The Morgan fingerprint density at radius 3 is 2.38 bits per heavy atom. The van der Waals surface area contributed by atoms with Crippen molar-refractivity contribution in [2.24, 2.45) is 0 Å². The molecule has 0 unspecified atom stereocenters. The molecule has 0 bridgehead atoms. The highest BCUT2D eigenvalue weighted by atomic mass is 19.4. The van der Waals surface area contributed by atoms with E-state index in [0.29, 0.717) is 32.1 Å². The van der Waals surface area contributed by atoms with E-state index >= 15 is 0 Å². The van der Waals surface area contributed by atoms with Crippen LogP contribution in [0.3, 0.4) is 0 Å². The quantitative estimate of drug-likeness (QED) is 0.853. The second kappa shape index (κ2) is 8.13. The Morgan fingerprint density at radius 1 is 1.21 bits per heavy atom. The third-order valence-corrected chi connectivity index (χ3v) is 3.86. The van der Waals surface area contributed by atoms with Crippen LogP contribution in [0.1, 0.15) is 19.4 Å². The minimum absolute atomic E-state index is 0.0854. The molecule has 1 aliphatic heterocycles. The van der Waals surface area contributed by atoms with Crippen LogP contribution in [0.4, 0.5) is 19.0 Å². The average Bonchev–Trinajstić information content (AvgIpc) is 2.53. The smallest absolute Gasteiger partial charge is 0.389 e. The largest absolute Gasteiger partial charge is 0.417 e. The summed E-state index contributed by atoms with van der Waals surface area (Å²) >= 11 is 0. The van der Waals surface area contributed by atoms with E-state index in [4.69, 9.17) is 4.74 Å². The number of hydrogen-bond acceptors (Lipinski definition) is 5. The lowest BCUT2D eigenvalue weighted by atomic mass is 10.2. The van der Waals surface area contributed by atoms with Crippen molar-refractivity contribution in [1.29, 1.82) is 0 Å². The average molecular weight is 347 g/mol. The molecule has 0 amide bonds. The number of hydrogen-bond donors (Lipinski definition) is 1. The molecule has 2 rings (SSSR count). The number of piperazine rings is 1. The Kier molecular flexibility index (Phi) is 6.42. The monoisotopic (exact) mass is 347 g/mol. The zero-order valence-corrected chi connectivity index (χ0v) is 14.0. The van der Waals surface area contributed by atoms with Gasteiger partial charge in [0.15, 0.2) is 0 Å². The van der Waals surface area contributed by atoms with Gasteiger partial charge in [0, 0.05) is 38.9 Å². The number of halogens is 3. The van der Waals surface area contributed by atoms with Crippen molar-refractivity contribution in [2.75, 3.05) is 44.2 Å². The zero-order valence-electron chi connectivity index (χ0n) is 14.0. The molecule has 1 atom stereocenters. The van der Waals surface area contributed by atoms with E-state index in [1.54, 1.807) is 0 Å². The maximum atomic E-state index is 12.6. The van der Waals surface area contributed by atoms with E-state index in [-0.39, 0.29) is 6.10 Å². The van der Waals surface area contributed by atoms with Crippen LogP contribution in [-0.2, 0) is 10.9 Å². The topological polar surface area (TPSA) is 48.8 Å². The Balaban J connectivity index is 1.80. The van der Waals surface area contributed by atoms with Crippen LogP contribution in [0, 0.1) is 0 Å². The molecule has 136 valence electrons. The molecule has 2 heterocycles. The van der Waals surface area contributed by atoms with Crippen LogP contribution in [0.15, 0.2) is 18.3 Å². The third kappa shape index (κ3) is 5.61. The Labute approximate surface area is 140 Å². The predicted octanol–water partition coefficient (Wildman–Crippen LogP) is 2.01. The molecule has 1 aromatic rings. The first kappa shape index (κ1) is 19.0. The fourth-order valence-corrected chi connectivity index (χ4v) is 2.55. The molecule has 0 aliphatic carbocycles. The molecule has 24 heavy (non-hydrogen) atoms. The Morgan fingerprint density at radius 2 is 1.88 bits per heavy atom. The van der Waals surface area contributed by atoms with Crippen LogP contribution in [0.25, 0.3) is 0 Å². The van der Waals surface area contributed by atoms with Crippen molar-refractivity contribution in [3.63, 3.8) is 0 Å². The molecule has 0 radical (unpaired) electrons. The number of aliphatic hydroxyl groups excluding tert-OH is 1. The van der Waals surface area contributed by atoms with Crippen LogP contribution in [0.2, 0.25) is 0 Å². The summed E-state index contributed by atoms with van der Waals surface area (Å²) in [5.74, 6) is 0.548. The number of anilines is 1. The van der Waals surface area contributed by atoms with Crippen molar-refractivity contribution in [1.82, 2.24) is 9.88 Å². The van der Waals surface area contributed by atoms with Crippen molar-refractivity contribution in [2.45, 2.75) is 32.2 Å². The van der Waals surface area contributed by atoms with Crippen molar-refractivity contribution >= 4 is 5.82 Å². The summed E-state index contributed by atoms with van der Waals surface area (Å²) < 4.78 is 43.0. The maximum absolute atomic E-state index is 12.6. The van der Waals surface area contributed by atoms with Gasteiger partial charge in [0.2, 0.25) is 0 Å². The number of nitrogens with zero attached hydrogens (tertiary/aromatic N) is 3.